The minimum Gasteiger partial charge on any atom is -0.324 e. The third-order valence-corrected chi connectivity index (χ3v) is 2.65. The monoisotopic (exact) mass is 245 g/mol. The zero-order chi connectivity index (χ0) is 12.0. The molecule has 0 spiro atoms. The summed E-state index contributed by atoms with van der Waals surface area (Å²) in [5.41, 5.74) is 0.0237. The van der Waals surface area contributed by atoms with E-state index in [0.29, 0.717) is 6.42 Å². The third kappa shape index (κ3) is 4.18. The van der Waals surface area contributed by atoms with Gasteiger partial charge in [-0.25, -0.2) is 8.78 Å². The molecule has 1 aromatic carbocycles. The first-order chi connectivity index (χ1) is 7.63. The van der Waals surface area contributed by atoms with Crippen LogP contribution >= 0.6 is 11.8 Å². The van der Waals surface area contributed by atoms with Crippen LogP contribution in [0.3, 0.4) is 0 Å². The molecule has 0 aliphatic rings. The zero-order valence-corrected chi connectivity index (χ0v) is 9.74. The van der Waals surface area contributed by atoms with Crippen molar-refractivity contribution in [2.75, 3.05) is 17.3 Å². The van der Waals surface area contributed by atoms with E-state index in [1.807, 2.05) is 6.26 Å². The van der Waals surface area contributed by atoms with E-state index in [0.717, 1.165) is 24.3 Å². The average molecular weight is 245 g/mol. The standard InChI is InChI=1S/C11H13F2NOS/c1-16-6-2-3-11(15)14-10-5-4-8(12)7-9(10)13/h4-5,7H,2-3,6H2,1H3,(H,14,15). The molecule has 1 rings (SSSR count). The van der Waals surface area contributed by atoms with Gasteiger partial charge in [-0.3, -0.25) is 4.79 Å². The van der Waals surface area contributed by atoms with Gasteiger partial charge in [0, 0.05) is 12.5 Å². The molecular formula is C11H13F2NOS. The largest absolute Gasteiger partial charge is 0.324 e. The Morgan fingerprint density at radius 1 is 1.44 bits per heavy atom. The Labute approximate surface area is 97.4 Å². The highest BCUT2D eigenvalue weighted by Gasteiger charge is 2.07. The van der Waals surface area contributed by atoms with Gasteiger partial charge in [0.15, 0.2) is 0 Å². The minimum absolute atomic E-state index is 0.0237. The highest BCUT2D eigenvalue weighted by atomic mass is 32.2. The molecule has 0 aromatic heterocycles. The zero-order valence-electron chi connectivity index (χ0n) is 8.93. The van der Waals surface area contributed by atoms with Crippen LogP contribution in [0.1, 0.15) is 12.8 Å². The van der Waals surface area contributed by atoms with Crippen LogP contribution in [0.2, 0.25) is 0 Å². The maximum Gasteiger partial charge on any atom is 0.224 e. The van der Waals surface area contributed by atoms with Gasteiger partial charge in [0.25, 0.3) is 0 Å². The lowest BCUT2D eigenvalue weighted by Gasteiger charge is -2.05. The summed E-state index contributed by atoms with van der Waals surface area (Å²) >= 11 is 1.65. The lowest BCUT2D eigenvalue weighted by atomic mass is 10.2. The van der Waals surface area contributed by atoms with Gasteiger partial charge in [0.1, 0.15) is 11.6 Å². The molecular weight excluding hydrogens is 232 g/mol. The second-order valence-corrected chi connectivity index (χ2v) is 4.25. The van der Waals surface area contributed by atoms with Crippen LogP contribution in [-0.2, 0) is 4.79 Å². The highest BCUT2D eigenvalue weighted by Crippen LogP contribution is 2.15. The van der Waals surface area contributed by atoms with Crippen LogP contribution in [-0.4, -0.2) is 17.9 Å². The summed E-state index contributed by atoms with van der Waals surface area (Å²) in [4.78, 5) is 11.3. The van der Waals surface area contributed by atoms with E-state index in [-0.39, 0.29) is 11.6 Å². The Kier molecular flexibility index (Phi) is 5.25. The molecule has 0 aliphatic heterocycles. The van der Waals surface area contributed by atoms with Crippen molar-refractivity contribution in [1.29, 1.82) is 0 Å². The molecule has 0 saturated carbocycles. The Morgan fingerprint density at radius 2 is 2.19 bits per heavy atom. The Hall–Kier alpha value is -1.10. The van der Waals surface area contributed by atoms with E-state index in [2.05, 4.69) is 5.32 Å². The van der Waals surface area contributed by atoms with E-state index in [1.54, 1.807) is 11.8 Å². The summed E-state index contributed by atoms with van der Waals surface area (Å²) in [6.45, 7) is 0. The molecule has 0 radical (unpaired) electrons. The molecule has 0 unspecified atom stereocenters. The number of thioether (sulfide) groups is 1. The van der Waals surface area contributed by atoms with Crippen molar-refractivity contribution < 1.29 is 13.6 Å². The minimum atomic E-state index is -0.752. The Bertz CT molecular complexity index is 371. The molecule has 0 saturated heterocycles. The van der Waals surface area contributed by atoms with E-state index < -0.39 is 11.6 Å². The number of hydrogen-bond acceptors (Lipinski definition) is 2. The van der Waals surface area contributed by atoms with Gasteiger partial charge in [-0.1, -0.05) is 0 Å². The SMILES string of the molecule is CSCCCC(=O)Nc1ccc(F)cc1F. The summed E-state index contributed by atoms with van der Waals surface area (Å²) < 4.78 is 25.7. The predicted octanol–water partition coefficient (Wildman–Crippen LogP) is 3.05. The van der Waals surface area contributed by atoms with Crippen molar-refractivity contribution >= 4 is 23.4 Å². The van der Waals surface area contributed by atoms with Crippen molar-refractivity contribution in [2.24, 2.45) is 0 Å². The van der Waals surface area contributed by atoms with Crippen molar-refractivity contribution in [2.45, 2.75) is 12.8 Å². The van der Waals surface area contributed by atoms with Crippen molar-refractivity contribution in [3.8, 4) is 0 Å². The molecule has 0 heterocycles. The first kappa shape index (κ1) is 13.0. The van der Waals surface area contributed by atoms with Gasteiger partial charge in [-0.15, -0.1) is 0 Å². The van der Waals surface area contributed by atoms with Crippen LogP contribution < -0.4 is 5.32 Å². The van der Waals surface area contributed by atoms with Crippen LogP contribution in [0, 0.1) is 11.6 Å². The molecule has 88 valence electrons. The number of hydrogen-bond donors (Lipinski definition) is 1. The summed E-state index contributed by atoms with van der Waals surface area (Å²) in [6.07, 6.45) is 3.05. The number of amides is 1. The third-order valence-electron chi connectivity index (χ3n) is 1.96. The smallest absolute Gasteiger partial charge is 0.224 e. The highest BCUT2D eigenvalue weighted by molar-refractivity contribution is 7.98. The number of nitrogens with one attached hydrogen (secondary N) is 1. The molecule has 5 heteroatoms. The van der Waals surface area contributed by atoms with Crippen LogP contribution in [0.4, 0.5) is 14.5 Å². The first-order valence-electron chi connectivity index (χ1n) is 4.87. The Balaban J connectivity index is 2.49. The van der Waals surface area contributed by atoms with Crippen molar-refractivity contribution in [1.82, 2.24) is 0 Å². The second-order valence-electron chi connectivity index (χ2n) is 3.27. The number of rotatable bonds is 5. The van der Waals surface area contributed by atoms with E-state index in [9.17, 15) is 13.6 Å². The molecule has 1 aromatic rings. The normalized spacial score (nSPS) is 10.2. The molecule has 0 aliphatic carbocycles. The lowest BCUT2D eigenvalue weighted by Crippen LogP contribution is -2.12. The van der Waals surface area contributed by atoms with Crippen LogP contribution in [0.5, 0.6) is 0 Å². The second kappa shape index (κ2) is 6.48. The van der Waals surface area contributed by atoms with Crippen molar-refractivity contribution in [3.63, 3.8) is 0 Å². The summed E-state index contributed by atoms with van der Waals surface area (Å²) in [6, 6.07) is 3.08. The lowest BCUT2D eigenvalue weighted by molar-refractivity contribution is -0.116. The first-order valence-corrected chi connectivity index (χ1v) is 6.26. The molecule has 1 amide bonds. The van der Waals surface area contributed by atoms with E-state index in [4.69, 9.17) is 0 Å². The van der Waals surface area contributed by atoms with Gasteiger partial charge in [0.05, 0.1) is 5.69 Å². The molecule has 16 heavy (non-hydrogen) atoms. The van der Waals surface area contributed by atoms with Crippen LogP contribution in [0.25, 0.3) is 0 Å². The fourth-order valence-corrected chi connectivity index (χ4v) is 1.61. The van der Waals surface area contributed by atoms with Crippen LogP contribution in [0.15, 0.2) is 18.2 Å². The maximum atomic E-state index is 13.1. The van der Waals surface area contributed by atoms with Gasteiger partial charge in [-0.05, 0) is 30.6 Å². The van der Waals surface area contributed by atoms with E-state index >= 15 is 0 Å². The molecule has 0 bridgehead atoms. The van der Waals surface area contributed by atoms with Gasteiger partial charge < -0.3 is 5.32 Å². The van der Waals surface area contributed by atoms with E-state index in [1.165, 1.54) is 6.07 Å². The number of carbonyl (C=O) groups excluding carboxylic acids is 1. The number of halogens is 2. The van der Waals surface area contributed by atoms with Gasteiger partial charge in [0.2, 0.25) is 5.91 Å². The van der Waals surface area contributed by atoms with Crippen molar-refractivity contribution in [3.05, 3.63) is 29.8 Å². The predicted molar refractivity (Wildman–Crippen MR) is 62.6 cm³/mol. The molecule has 0 fully saturated rings. The summed E-state index contributed by atoms with van der Waals surface area (Å²) in [5.74, 6) is -0.769. The number of anilines is 1. The summed E-state index contributed by atoms with van der Waals surface area (Å²) in [7, 11) is 0. The topological polar surface area (TPSA) is 29.1 Å². The molecule has 0 atom stereocenters. The fourth-order valence-electron chi connectivity index (χ4n) is 1.18. The summed E-state index contributed by atoms with van der Waals surface area (Å²) in [5, 5.41) is 2.41. The van der Waals surface area contributed by atoms with Gasteiger partial charge >= 0.3 is 0 Å². The average Bonchev–Trinajstić information content (AvgIpc) is 2.23. The quantitative estimate of drug-likeness (QED) is 0.808. The molecule has 2 nitrogen and oxygen atoms in total. The molecule has 1 N–H and O–H groups in total. The van der Waals surface area contributed by atoms with Gasteiger partial charge in [-0.2, -0.15) is 11.8 Å². The fraction of sp³-hybridized carbons (Fsp3) is 0.364. The Morgan fingerprint density at radius 3 is 2.81 bits per heavy atom. The number of carbonyl (C=O) groups is 1. The maximum absolute atomic E-state index is 13.1. The number of benzene rings is 1.